The van der Waals surface area contributed by atoms with Crippen LogP contribution in [-0.4, -0.2) is 42.9 Å². The molecule has 1 aliphatic heterocycles. The molecule has 0 saturated carbocycles. The van der Waals surface area contributed by atoms with E-state index < -0.39 is 7.12 Å². The molecule has 7 nitrogen and oxygen atoms in total. The maximum Gasteiger partial charge on any atom is 0.493 e. The minimum Gasteiger partial charge on any atom is -0.407 e. The zero-order valence-electron chi connectivity index (χ0n) is 18.7. The van der Waals surface area contributed by atoms with Crippen molar-refractivity contribution in [1.29, 1.82) is 0 Å². The van der Waals surface area contributed by atoms with Gasteiger partial charge in [0.05, 0.1) is 10.2 Å². The van der Waals surface area contributed by atoms with Gasteiger partial charge >= 0.3 is 13.1 Å². The van der Waals surface area contributed by atoms with E-state index in [1.807, 2.05) is 45.2 Å². The Morgan fingerprint density at radius 3 is 2.65 bits per heavy atom. The Morgan fingerprint density at radius 1 is 1.26 bits per heavy atom. The second-order valence-electron chi connectivity index (χ2n) is 7.78. The molecule has 1 saturated heterocycles. The van der Waals surface area contributed by atoms with Crippen molar-refractivity contribution in [1.82, 2.24) is 15.3 Å². The fourth-order valence-corrected chi connectivity index (χ4v) is 4.14. The van der Waals surface area contributed by atoms with Crippen LogP contribution in [0.5, 0.6) is 0 Å². The van der Waals surface area contributed by atoms with Crippen LogP contribution in [0.2, 0.25) is 0 Å². The smallest absolute Gasteiger partial charge is 0.407 e. The predicted octanol–water partition coefficient (Wildman–Crippen LogP) is 4.29. The van der Waals surface area contributed by atoms with E-state index in [2.05, 4.69) is 40.5 Å². The van der Waals surface area contributed by atoms with Crippen molar-refractivity contribution in [3.8, 4) is 11.1 Å². The number of rotatable bonds is 4. The number of carbonyl (C=O) groups excluding carboxylic acids is 1. The first kappa shape index (κ1) is 23.2. The molecule has 4 rings (SSSR count). The number of benzene rings is 1. The molecule has 0 radical (unpaired) electrons. The number of nitrogens with one attached hydrogen (secondary N) is 2. The lowest BCUT2D eigenvalue weighted by Gasteiger charge is -2.33. The number of fused-ring (bicyclic) bond motifs is 1. The van der Waals surface area contributed by atoms with E-state index in [1.165, 1.54) is 11.3 Å². The molecular weight excluding hydrogens is 411 g/mol. The summed E-state index contributed by atoms with van der Waals surface area (Å²) < 4.78 is 12.9. The van der Waals surface area contributed by atoms with Crippen LogP contribution in [0.15, 0.2) is 36.7 Å². The third-order valence-corrected chi connectivity index (χ3v) is 5.59. The van der Waals surface area contributed by atoms with E-state index in [0.29, 0.717) is 24.9 Å². The first-order chi connectivity index (χ1) is 14.9. The Labute approximate surface area is 187 Å². The summed E-state index contributed by atoms with van der Waals surface area (Å²) in [5.74, 6) is 0. The number of anilines is 1. The molecule has 3 aromatic rings. The van der Waals surface area contributed by atoms with Gasteiger partial charge in [-0.3, -0.25) is 10.3 Å². The molecule has 0 unspecified atom stereocenters. The van der Waals surface area contributed by atoms with Gasteiger partial charge in [-0.05, 0) is 24.5 Å². The van der Waals surface area contributed by atoms with Crippen molar-refractivity contribution in [3.63, 3.8) is 0 Å². The van der Waals surface area contributed by atoms with Gasteiger partial charge in [-0.2, -0.15) is 0 Å². The van der Waals surface area contributed by atoms with Crippen LogP contribution in [0.3, 0.4) is 0 Å². The largest absolute Gasteiger partial charge is 0.493 e. The molecule has 1 aliphatic rings. The second kappa shape index (κ2) is 10.2. The average Bonchev–Trinajstić information content (AvgIpc) is 3.17. The van der Waals surface area contributed by atoms with Crippen LogP contribution in [0, 0.1) is 5.41 Å². The van der Waals surface area contributed by atoms with Gasteiger partial charge in [0.15, 0.2) is 5.13 Å². The Hall–Kier alpha value is -2.49. The predicted molar refractivity (Wildman–Crippen MR) is 128 cm³/mol. The number of hydrogen-bond acceptors (Lipinski definition) is 6. The highest BCUT2D eigenvalue weighted by atomic mass is 32.1. The highest BCUT2D eigenvalue weighted by Crippen LogP contribution is 2.34. The summed E-state index contributed by atoms with van der Waals surface area (Å²) in [6.45, 7) is 11.9. The molecule has 0 spiro atoms. The third kappa shape index (κ3) is 5.61. The van der Waals surface area contributed by atoms with E-state index in [-0.39, 0.29) is 11.4 Å². The lowest BCUT2D eigenvalue weighted by atomic mass is 9.75. The van der Waals surface area contributed by atoms with Crippen LogP contribution in [0.4, 0.5) is 9.93 Å². The van der Waals surface area contributed by atoms with E-state index in [1.54, 1.807) is 6.20 Å². The lowest BCUT2D eigenvalue weighted by Crippen LogP contribution is -2.47. The fraction of sp³-hybridized carbons (Fsp3) is 0.409. The molecule has 9 heteroatoms. The number of aromatic nitrogens is 2. The van der Waals surface area contributed by atoms with Gasteiger partial charge in [0.1, 0.15) is 0 Å². The number of urea groups is 1. The van der Waals surface area contributed by atoms with E-state index in [0.717, 1.165) is 26.8 Å². The first-order valence-corrected chi connectivity index (χ1v) is 11.4. The van der Waals surface area contributed by atoms with E-state index in [4.69, 9.17) is 9.31 Å². The van der Waals surface area contributed by atoms with E-state index in [9.17, 15) is 4.79 Å². The van der Waals surface area contributed by atoms with Gasteiger partial charge < -0.3 is 14.6 Å². The highest BCUT2D eigenvalue weighted by molar-refractivity contribution is 7.23. The molecule has 3 heterocycles. The Morgan fingerprint density at radius 2 is 2.00 bits per heavy atom. The van der Waals surface area contributed by atoms with Crippen LogP contribution in [0.1, 0.15) is 34.6 Å². The SMILES string of the molecule is CC.CCNC(=O)Nc1nc2cc(B3OCC(C)(C)CO3)cc(-c3cccnc3)c2s1. The minimum atomic E-state index is -0.440. The molecular formula is C22H29BN4O3S. The number of amides is 2. The number of thiazole rings is 1. The van der Waals surface area contributed by atoms with Crippen molar-refractivity contribution < 1.29 is 14.1 Å². The summed E-state index contributed by atoms with van der Waals surface area (Å²) in [5, 5.41) is 6.06. The fourth-order valence-electron chi connectivity index (χ4n) is 3.17. The van der Waals surface area contributed by atoms with Crippen LogP contribution < -0.4 is 16.1 Å². The zero-order chi connectivity index (χ0) is 22.4. The average molecular weight is 440 g/mol. The zero-order valence-corrected chi connectivity index (χ0v) is 19.5. The van der Waals surface area contributed by atoms with Gasteiger partial charge in [0.2, 0.25) is 0 Å². The number of hydrogen-bond donors (Lipinski definition) is 2. The number of pyridine rings is 1. The quantitative estimate of drug-likeness (QED) is 0.591. The topological polar surface area (TPSA) is 85.4 Å². The first-order valence-electron chi connectivity index (χ1n) is 10.6. The summed E-state index contributed by atoms with van der Waals surface area (Å²) in [4.78, 5) is 20.8. The molecule has 1 aromatic carbocycles. The van der Waals surface area contributed by atoms with Crippen LogP contribution in [-0.2, 0) is 9.31 Å². The maximum absolute atomic E-state index is 11.9. The summed E-state index contributed by atoms with van der Waals surface area (Å²) in [7, 11) is -0.440. The van der Waals surface area contributed by atoms with Crippen molar-refractivity contribution in [2.45, 2.75) is 34.6 Å². The van der Waals surface area contributed by atoms with E-state index >= 15 is 0 Å². The van der Waals surface area contributed by atoms with Crippen molar-refractivity contribution in [2.75, 3.05) is 25.1 Å². The standard InChI is InChI=1S/C20H23BN4O3S.C2H6/c1-4-23-18(26)25-19-24-16-9-14(21-27-11-20(2,3)12-28-21)8-15(17(16)29-19)13-6-5-7-22-10-13;1-2/h5-10H,4,11-12H2,1-3H3,(H2,23,24,25,26);1-2H3. The molecule has 164 valence electrons. The van der Waals surface area contributed by atoms with Crippen molar-refractivity contribution >= 4 is 45.3 Å². The normalized spacial score (nSPS) is 15.2. The van der Waals surface area contributed by atoms with Crippen LogP contribution in [0.25, 0.3) is 21.3 Å². The highest BCUT2D eigenvalue weighted by Gasteiger charge is 2.34. The summed E-state index contributed by atoms with van der Waals surface area (Å²) in [6.07, 6.45) is 3.57. The Kier molecular flexibility index (Phi) is 7.64. The summed E-state index contributed by atoms with van der Waals surface area (Å²) >= 11 is 1.44. The molecule has 1 fully saturated rings. The summed E-state index contributed by atoms with van der Waals surface area (Å²) in [5.41, 5.74) is 3.65. The van der Waals surface area contributed by atoms with Crippen molar-refractivity contribution in [3.05, 3.63) is 36.7 Å². The monoisotopic (exact) mass is 440 g/mol. The Balaban J connectivity index is 0.00000132. The molecule has 2 aromatic heterocycles. The second-order valence-corrected chi connectivity index (χ2v) is 8.78. The molecule has 0 aliphatic carbocycles. The maximum atomic E-state index is 11.9. The molecule has 0 bridgehead atoms. The Bertz CT molecular complexity index is 1020. The van der Waals surface area contributed by atoms with Gasteiger partial charge in [-0.15, -0.1) is 0 Å². The van der Waals surface area contributed by atoms with Gasteiger partial charge in [0, 0.05) is 48.7 Å². The third-order valence-electron chi connectivity index (χ3n) is 4.57. The lowest BCUT2D eigenvalue weighted by molar-refractivity contribution is 0.0343. The van der Waals surface area contributed by atoms with Gasteiger partial charge in [0.25, 0.3) is 0 Å². The molecule has 2 N–H and O–H groups in total. The number of carbonyl (C=O) groups is 1. The number of nitrogens with zero attached hydrogens (tertiary/aromatic N) is 2. The summed E-state index contributed by atoms with van der Waals surface area (Å²) in [6, 6.07) is 7.68. The van der Waals surface area contributed by atoms with Gasteiger partial charge in [-0.25, -0.2) is 9.78 Å². The molecule has 0 atom stereocenters. The molecule has 31 heavy (non-hydrogen) atoms. The minimum absolute atomic E-state index is 0.00284. The molecule has 2 amide bonds. The van der Waals surface area contributed by atoms with Crippen molar-refractivity contribution in [2.24, 2.45) is 5.41 Å². The van der Waals surface area contributed by atoms with Gasteiger partial charge in [-0.1, -0.05) is 51.2 Å². The van der Waals surface area contributed by atoms with Crippen LogP contribution >= 0.6 is 11.3 Å².